The number of aryl methyl sites for hydroxylation is 1. The molecule has 0 aliphatic carbocycles. The first kappa shape index (κ1) is 13.9. The normalized spacial score (nSPS) is 10.3. The van der Waals surface area contributed by atoms with Gasteiger partial charge in [-0.25, -0.2) is 0 Å². The molecular weight excluding hydrogens is 252 g/mol. The van der Waals surface area contributed by atoms with Gasteiger partial charge in [0.05, 0.1) is 0 Å². The molecule has 0 atom stereocenters. The average Bonchev–Trinajstić information content (AvgIpc) is 2.40. The molecule has 2 aromatic carbocycles. The molecular formula is C16H18N2O2. The van der Waals surface area contributed by atoms with Gasteiger partial charge in [0.2, 0.25) is 0 Å². The Bertz CT molecular complexity index is 651. The monoisotopic (exact) mass is 270 g/mol. The summed E-state index contributed by atoms with van der Waals surface area (Å²) >= 11 is 0. The third-order valence-corrected chi connectivity index (χ3v) is 3.38. The number of carbonyl (C=O) groups excluding carboxylic acids is 1. The van der Waals surface area contributed by atoms with Crippen LogP contribution < -0.4 is 11.1 Å². The fourth-order valence-electron chi connectivity index (χ4n) is 2.07. The average molecular weight is 270 g/mol. The van der Waals surface area contributed by atoms with Gasteiger partial charge in [0.1, 0.15) is 5.75 Å². The van der Waals surface area contributed by atoms with Crippen LogP contribution in [0.3, 0.4) is 0 Å². The number of hydrogen-bond donors (Lipinski definition) is 3. The molecule has 0 bridgehead atoms. The SMILES string of the molecule is Cc1cc(O)ccc1C(=O)NCc1cccc(N)c1C. The standard InChI is InChI=1S/C16H18N2O2/c1-10-8-13(19)6-7-14(10)16(20)18-9-12-4-3-5-15(17)11(12)2/h3-8,19H,9,17H2,1-2H3,(H,18,20). The van der Waals surface area contributed by atoms with Crippen LogP contribution in [0.2, 0.25) is 0 Å². The number of carbonyl (C=O) groups is 1. The molecule has 1 amide bonds. The Kier molecular flexibility index (Phi) is 3.94. The number of nitrogen functional groups attached to an aromatic ring is 1. The molecule has 104 valence electrons. The molecule has 0 aliphatic rings. The first-order chi connectivity index (χ1) is 9.49. The number of anilines is 1. The summed E-state index contributed by atoms with van der Waals surface area (Å²) in [5.74, 6) is -0.00458. The van der Waals surface area contributed by atoms with Crippen LogP contribution in [0.1, 0.15) is 27.0 Å². The number of amides is 1. The Balaban J connectivity index is 2.11. The summed E-state index contributed by atoms with van der Waals surface area (Å²) < 4.78 is 0. The molecule has 0 unspecified atom stereocenters. The molecule has 0 fully saturated rings. The van der Waals surface area contributed by atoms with Crippen molar-refractivity contribution in [2.75, 3.05) is 5.73 Å². The first-order valence-electron chi connectivity index (χ1n) is 6.41. The maximum Gasteiger partial charge on any atom is 0.251 e. The van der Waals surface area contributed by atoms with Crippen LogP contribution >= 0.6 is 0 Å². The molecule has 4 nitrogen and oxygen atoms in total. The van der Waals surface area contributed by atoms with Crippen molar-refractivity contribution >= 4 is 11.6 Å². The van der Waals surface area contributed by atoms with E-state index in [1.165, 1.54) is 6.07 Å². The highest BCUT2D eigenvalue weighted by Crippen LogP contribution is 2.17. The number of phenols is 1. The van der Waals surface area contributed by atoms with Gasteiger partial charge in [0.25, 0.3) is 5.91 Å². The zero-order valence-electron chi connectivity index (χ0n) is 11.6. The molecule has 0 saturated carbocycles. The molecule has 0 heterocycles. The largest absolute Gasteiger partial charge is 0.508 e. The van der Waals surface area contributed by atoms with Gasteiger partial charge >= 0.3 is 0 Å². The molecule has 0 saturated heterocycles. The Labute approximate surface area is 118 Å². The van der Waals surface area contributed by atoms with Gasteiger partial charge in [0, 0.05) is 17.8 Å². The van der Waals surface area contributed by atoms with Gasteiger partial charge in [0.15, 0.2) is 0 Å². The lowest BCUT2D eigenvalue weighted by molar-refractivity contribution is 0.0950. The van der Waals surface area contributed by atoms with Crippen LogP contribution in [-0.4, -0.2) is 11.0 Å². The Morgan fingerprint density at radius 3 is 2.70 bits per heavy atom. The summed E-state index contributed by atoms with van der Waals surface area (Å²) in [6, 6.07) is 10.3. The van der Waals surface area contributed by atoms with Gasteiger partial charge in [-0.05, 0) is 54.8 Å². The Morgan fingerprint density at radius 1 is 1.25 bits per heavy atom. The number of nitrogens with two attached hydrogens (primary N) is 1. The minimum atomic E-state index is -0.163. The van der Waals surface area contributed by atoms with E-state index in [2.05, 4.69) is 5.32 Å². The third-order valence-electron chi connectivity index (χ3n) is 3.38. The molecule has 0 spiro atoms. The maximum atomic E-state index is 12.1. The second-order valence-electron chi connectivity index (χ2n) is 4.81. The lowest BCUT2D eigenvalue weighted by Gasteiger charge is -2.11. The van der Waals surface area contributed by atoms with E-state index in [-0.39, 0.29) is 11.7 Å². The van der Waals surface area contributed by atoms with E-state index in [9.17, 15) is 9.90 Å². The summed E-state index contributed by atoms with van der Waals surface area (Å²) in [5, 5.41) is 12.2. The van der Waals surface area contributed by atoms with Gasteiger partial charge in [-0.1, -0.05) is 12.1 Å². The number of rotatable bonds is 3. The number of phenolic OH excluding ortho intramolecular Hbond substituents is 1. The van der Waals surface area contributed by atoms with Crippen molar-refractivity contribution in [3.63, 3.8) is 0 Å². The lowest BCUT2D eigenvalue weighted by atomic mass is 10.1. The van der Waals surface area contributed by atoms with Crippen LogP contribution in [0, 0.1) is 13.8 Å². The molecule has 20 heavy (non-hydrogen) atoms. The van der Waals surface area contributed by atoms with Gasteiger partial charge in [-0.3, -0.25) is 4.79 Å². The van der Waals surface area contributed by atoms with Gasteiger partial charge < -0.3 is 16.2 Å². The summed E-state index contributed by atoms with van der Waals surface area (Å²) in [7, 11) is 0. The van der Waals surface area contributed by atoms with Crippen molar-refractivity contribution in [1.82, 2.24) is 5.32 Å². The third kappa shape index (κ3) is 2.91. The predicted octanol–water partition coefficient (Wildman–Crippen LogP) is 2.52. The minimum absolute atomic E-state index is 0.158. The second kappa shape index (κ2) is 5.65. The van der Waals surface area contributed by atoms with E-state index < -0.39 is 0 Å². The van der Waals surface area contributed by atoms with Crippen molar-refractivity contribution in [3.8, 4) is 5.75 Å². The van der Waals surface area contributed by atoms with Crippen LogP contribution in [0.15, 0.2) is 36.4 Å². The quantitative estimate of drug-likeness (QED) is 0.750. The summed E-state index contributed by atoms with van der Waals surface area (Å²) in [4.78, 5) is 12.1. The highest BCUT2D eigenvalue weighted by atomic mass is 16.3. The van der Waals surface area contributed by atoms with E-state index in [0.29, 0.717) is 12.1 Å². The smallest absolute Gasteiger partial charge is 0.251 e. The topological polar surface area (TPSA) is 75.3 Å². The number of aromatic hydroxyl groups is 1. The van der Waals surface area contributed by atoms with E-state index in [1.54, 1.807) is 19.1 Å². The van der Waals surface area contributed by atoms with Crippen LogP contribution in [0.25, 0.3) is 0 Å². The summed E-state index contributed by atoms with van der Waals surface area (Å²) in [5.41, 5.74) is 9.84. The molecule has 2 rings (SSSR count). The molecule has 4 heteroatoms. The number of nitrogens with one attached hydrogen (secondary N) is 1. The molecule has 4 N–H and O–H groups in total. The van der Waals surface area contributed by atoms with E-state index >= 15 is 0 Å². The van der Waals surface area contributed by atoms with E-state index in [1.807, 2.05) is 25.1 Å². The zero-order chi connectivity index (χ0) is 14.7. The Morgan fingerprint density at radius 2 is 2.00 bits per heavy atom. The fourth-order valence-corrected chi connectivity index (χ4v) is 2.07. The highest BCUT2D eigenvalue weighted by molar-refractivity contribution is 5.95. The second-order valence-corrected chi connectivity index (χ2v) is 4.81. The van der Waals surface area contributed by atoms with E-state index in [0.717, 1.165) is 22.4 Å². The van der Waals surface area contributed by atoms with Crippen molar-refractivity contribution in [1.29, 1.82) is 0 Å². The maximum absolute atomic E-state index is 12.1. The number of benzene rings is 2. The highest BCUT2D eigenvalue weighted by Gasteiger charge is 2.10. The minimum Gasteiger partial charge on any atom is -0.508 e. The van der Waals surface area contributed by atoms with Crippen LogP contribution in [0.5, 0.6) is 5.75 Å². The molecule has 0 aromatic heterocycles. The summed E-state index contributed by atoms with van der Waals surface area (Å²) in [6.07, 6.45) is 0. The first-order valence-corrected chi connectivity index (χ1v) is 6.41. The van der Waals surface area contributed by atoms with Crippen LogP contribution in [0.4, 0.5) is 5.69 Å². The van der Waals surface area contributed by atoms with Gasteiger partial charge in [-0.2, -0.15) is 0 Å². The van der Waals surface area contributed by atoms with Crippen molar-refractivity contribution in [2.45, 2.75) is 20.4 Å². The molecule has 0 radical (unpaired) electrons. The molecule has 0 aliphatic heterocycles. The predicted molar refractivity (Wildman–Crippen MR) is 79.6 cm³/mol. The summed E-state index contributed by atoms with van der Waals surface area (Å²) in [6.45, 7) is 4.15. The van der Waals surface area contributed by atoms with Gasteiger partial charge in [-0.15, -0.1) is 0 Å². The van der Waals surface area contributed by atoms with Crippen molar-refractivity contribution in [3.05, 3.63) is 58.7 Å². The van der Waals surface area contributed by atoms with Crippen molar-refractivity contribution in [2.24, 2.45) is 0 Å². The molecule has 2 aromatic rings. The Hall–Kier alpha value is -2.49. The lowest BCUT2D eigenvalue weighted by Crippen LogP contribution is -2.24. The fraction of sp³-hybridized carbons (Fsp3) is 0.188. The number of hydrogen-bond acceptors (Lipinski definition) is 3. The van der Waals surface area contributed by atoms with Crippen LogP contribution in [-0.2, 0) is 6.54 Å². The van der Waals surface area contributed by atoms with Crippen molar-refractivity contribution < 1.29 is 9.90 Å². The zero-order valence-corrected chi connectivity index (χ0v) is 11.6. The van der Waals surface area contributed by atoms with E-state index in [4.69, 9.17) is 5.73 Å².